The molecule has 4 unspecified atom stereocenters. The monoisotopic (exact) mass is 1190 g/mol. The number of ether oxygens (including phenoxy) is 5. The Bertz CT molecular complexity index is 3530. The van der Waals surface area contributed by atoms with Gasteiger partial charge in [-0.1, -0.05) is 4.98 Å². The van der Waals surface area contributed by atoms with E-state index in [9.17, 15) is 62.7 Å². The Kier molecular flexibility index (Phi) is 16.3. The van der Waals surface area contributed by atoms with Gasteiger partial charge >= 0.3 is 29.0 Å². The second-order valence-electron chi connectivity index (χ2n) is 17.5. The summed E-state index contributed by atoms with van der Waals surface area (Å²) in [5.41, 5.74) is 15.8. The van der Waals surface area contributed by atoms with E-state index in [1.54, 1.807) is 0 Å². The number of rotatable bonds is 22. The number of methoxy groups -OCH3 is 2. The molecule has 0 radical (unpaired) electrons. The highest BCUT2D eigenvalue weighted by Gasteiger charge is 2.52. The lowest BCUT2D eigenvalue weighted by molar-refractivity contribution is -0.745. The molecule has 6 aromatic rings. The van der Waals surface area contributed by atoms with E-state index in [0.717, 1.165) is 30.7 Å². The van der Waals surface area contributed by atoms with Crippen molar-refractivity contribution < 1.29 is 104 Å². The first-order valence-corrected chi connectivity index (χ1v) is 28.7. The summed E-state index contributed by atoms with van der Waals surface area (Å²) in [5.74, 6) is -1.58. The normalized spacial score (nSPS) is 29.8. The fourth-order valence-corrected chi connectivity index (χ4v) is 14.0. The Morgan fingerprint density at radius 3 is 2.14 bits per heavy atom. The van der Waals surface area contributed by atoms with Crippen LogP contribution in [0.25, 0.3) is 33.5 Å². The quantitative estimate of drug-likeness (QED) is 0.0225. The van der Waals surface area contributed by atoms with Gasteiger partial charge in [-0.25, -0.2) is 38.2 Å². The minimum absolute atomic E-state index is 0.00115. The van der Waals surface area contributed by atoms with Crippen LogP contribution < -0.4 is 42.6 Å². The number of nitrogens with two attached hydrogens (primary N) is 3. The molecule has 0 aromatic carbocycles. The second kappa shape index (κ2) is 22.1. The van der Waals surface area contributed by atoms with Crippen molar-refractivity contribution in [2.24, 2.45) is 13.0 Å². The molecule has 39 nitrogen and oxygen atoms in total. The zero-order valence-corrected chi connectivity index (χ0v) is 44.0. The molecule has 78 heavy (non-hydrogen) atoms. The minimum atomic E-state index is -5.94. The zero-order valence-electron chi connectivity index (χ0n) is 40.4. The molecule has 0 amide bonds. The number of nitrogens with one attached hydrogen (secondary N) is 3. The molecule has 16 atom stereocenters. The van der Waals surface area contributed by atoms with E-state index in [-0.39, 0.29) is 64.2 Å². The Labute approximate surface area is 434 Å². The van der Waals surface area contributed by atoms with Crippen LogP contribution >= 0.6 is 31.1 Å². The zero-order chi connectivity index (χ0) is 56.4. The maximum atomic E-state index is 13.6. The van der Waals surface area contributed by atoms with E-state index < -0.39 is 136 Å². The molecule has 3 saturated heterocycles. The molecule has 6 aromatic heterocycles. The van der Waals surface area contributed by atoms with E-state index in [0.29, 0.717) is 0 Å². The van der Waals surface area contributed by atoms with Crippen LogP contribution in [0.5, 0.6) is 0 Å². The summed E-state index contributed by atoms with van der Waals surface area (Å²) >= 11 is 0. The molecule has 3 aliphatic heterocycles. The molecule has 0 spiro atoms. The van der Waals surface area contributed by atoms with Gasteiger partial charge in [-0.05, 0) is 6.42 Å². The van der Waals surface area contributed by atoms with Gasteiger partial charge in [0.15, 0.2) is 41.4 Å². The molecule has 0 aliphatic carbocycles. The summed E-state index contributed by atoms with van der Waals surface area (Å²) in [6.07, 6.45) is -12.8. The fraction of sp³-hybridized carbons (Fsp3) is 0.571. The molecule has 9 rings (SSSR count). The first-order chi connectivity index (χ1) is 36.7. The summed E-state index contributed by atoms with van der Waals surface area (Å²) in [7, 11) is -19.1. The molecule has 15 N–H and O–H groups in total. The molecule has 428 valence electrons. The number of hydrogen-bond donors (Lipinski definition) is 12. The minimum Gasteiger partial charge on any atom is -0.756 e. The highest BCUT2D eigenvalue weighted by molar-refractivity contribution is 7.71. The molecule has 3 fully saturated rings. The number of aromatic amines is 2. The maximum Gasteiger partial charge on any atom is 0.480 e. The van der Waals surface area contributed by atoms with Crippen LogP contribution in [0.3, 0.4) is 0 Å². The fourth-order valence-electron chi connectivity index (χ4n) is 9.03. The van der Waals surface area contributed by atoms with Crippen LogP contribution in [0.1, 0.15) is 25.1 Å². The maximum absolute atomic E-state index is 13.6. The lowest BCUT2D eigenvalue weighted by atomic mass is 9.95. The third-order valence-electron chi connectivity index (χ3n) is 12.5. The van der Waals surface area contributed by atoms with Gasteiger partial charge in [0.05, 0.1) is 45.6 Å². The number of aliphatic hydroxyl groups is 3. The number of phosphoric acid groups is 2. The number of phosphoric ester groups is 2. The van der Waals surface area contributed by atoms with Crippen LogP contribution in [0.2, 0.25) is 0 Å². The highest BCUT2D eigenvalue weighted by Crippen LogP contribution is 2.62. The number of aryl methyl sites for hydroxylation is 1. The molecular weight excluding hydrogens is 1140 g/mol. The average molecular weight is 1190 g/mol. The van der Waals surface area contributed by atoms with Crippen molar-refractivity contribution in [1.29, 1.82) is 0 Å². The Morgan fingerprint density at radius 2 is 1.42 bits per heavy atom. The predicted molar refractivity (Wildman–Crippen MR) is 253 cm³/mol. The van der Waals surface area contributed by atoms with E-state index in [1.807, 2.05) is 0 Å². The topological polar surface area (TPSA) is 557 Å². The van der Waals surface area contributed by atoms with Crippen LogP contribution in [-0.2, 0) is 71.4 Å². The van der Waals surface area contributed by atoms with Crippen molar-refractivity contribution in [3.63, 3.8) is 0 Å². The average Bonchev–Trinajstić information content (AvgIpc) is 4.39. The number of H-pyrrole nitrogens is 2. The van der Waals surface area contributed by atoms with Gasteiger partial charge in [0, 0.05) is 26.7 Å². The van der Waals surface area contributed by atoms with Crippen molar-refractivity contribution in [3.8, 4) is 0 Å². The highest BCUT2D eigenvalue weighted by atomic mass is 31.3. The number of nitrogen functional groups attached to an aromatic ring is 3. The van der Waals surface area contributed by atoms with Crippen LogP contribution in [0.15, 0.2) is 34.9 Å². The SMILES string of the molecule is COCC[C@H]1[C@@H](O)[C@H]([n+]2cn(C)c3c(=O)[nH]c(N)nc32)O[C@@H]1COP(=O)(O)OP(=O)(O)NP(=O)(O)OC[C@H]1O[C@@H](n2cnc3c(N)ncnc32)[C@H](OC)[C@@H]1OP(=O)([O-])OC[C@H]1O[C@@H](n2cnc3c(=O)[nH]c(N)nc32)[C@H](O)[C@@H]1O. The van der Waals surface area contributed by atoms with Gasteiger partial charge in [0.25, 0.3) is 24.9 Å². The van der Waals surface area contributed by atoms with E-state index in [1.165, 1.54) is 39.0 Å². The van der Waals surface area contributed by atoms with Crippen LogP contribution in [0, 0.1) is 5.92 Å². The predicted octanol–water partition coefficient (Wildman–Crippen LogP) is -4.48. The largest absolute Gasteiger partial charge is 0.756 e. The standard InChI is InChI=1S/C35H50N16O23P4/c1-48-12-51(28-19(48)30(56)46-35(38)44-28)31-20(52)13(4-5-65-2)14(70-31)6-69-78(63,64)74-76(59,60)47-75(57,58)67-8-16-23(24(66-3)33(72-16)49-10-41-17-25(36)39-9-40-26(17)49)73-77(61,62)68-7-15-21(53)22(54)32(71-15)50-11-42-18-27(50)43-34(37)45-29(18)55/h9-16,20-24,31-33,52-54H,4-8H2,1-3H3,(H12-,36,37,38,39,40,43,44,45,46,47,55,56,57,58,59,60,61,62,63,64)/t13-,14-,15-,16-,20-,21-,22-,23-,24-,31-,32-,33-/m1/s1. The summed E-state index contributed by atoms with van der Waals surface area (Å²) in [4.78, 5) is 101. The number of hydrogen-bond acceptors (Lipinski definition) is 29. The van der Waals surface area contributed by atoms with Gasteiger partial charge in [0.1, 0.15) is 54.6 Å². The van der Waals surface area contributed by atoms with Crippen LogP contribution in [0.4, 0.5) is 17.7 Å². The summed E-state index contributed by atoms with van der Waals surface area (Å²) in [5, 5.41) is 33.1. The summed E-state index contributed by atoms with van der Waals surface area (Å²) < 4.78 is 112. The molecular formula is C35H50N16O23P4. The Hall–Kier alpha value is -5.15. The van der Waals surface area contributed by atoms with Crippen molar-refractivity contribution in [1.82, 2.24) is 58.4 Å². The first kappa shape index (κ1) is 57.5. The smallest absolute Gasteiger partial charge is 0.480 e. The van der Waals surface area contributed by atoms with Crippen molar-refractivity contribution in [2.45, 2.75) is 73.9 Å². The lowest BCUT2D eigenvalue weighted by Crippen LogP contribution is -2.45. The molecule has 0 saturated carbocycles. The van der Waals surface area contributed by atoms with Crippen molar-refractivity contribution in [2.75, 3.05) is 57.8 Å². The number of imidazole rings is 3. The first-order valence-electron chi connectivity index (χ1n) is 22.6. The third-order valence-corrected chi connectivity index (χ3v) is 18.1. The third kappa shape index (κ3) is 11.7. The summed E-state index contributed by atoms with van der Waals surface area (Å²) in [6.45, 7) is -3.12. The van der Waals surface area contributed by atoms with Crippen LogP contribution in [-0.4, -0.2) is 173 Å². The number of fused-ring (bicyclic) bond motifs is 3. The van der Waals surface area contributed by atoms with Gasteiger partial charge in [-0.2, -0.15) is 9.29 Å². The van der Waals surface area contributed by atoms with Gasteiger partial charge in [-0.3, -0.25) is 46.9 Å². The Morgan fingerprint density at radius 1 is 0.769 bits per heavy atom. The number of aliphatic hydroxyl groups excluding tert-OH is 3. The van der Waals surface area contributed by atoms with Gasteiger partial charge in [0.2, 0.25) is 17.7 Å². The van der Waals surface area contributed by atoms with E-state index in [4.69, 9.17) is 59.0 Å². The molecule has 0 bridgehead atoms. The van der Waals surface area contributed by atoms with E-state index in [2.05, 4.69) is 44.2 Å². The number of anilines is 3. The number of nitrogens with zero attached hydrogens (tertiary/aromatic N) is 10. The Balaban J connectivity index is 0.871. The lowest BCUT2D eigenvalue weighted by Gasteiger charge is -2.31. The number of aromatic nitrogens is 12. The second-order valence-corrected chi connectivity index (χ2v) is 23.9. The molecule has 43 heteroatoms. The molecule has 9 heterocycles. The van der Waals surface area contributed by atoms with E-state index >= 15 is 0 Å². The van der Waals surface area contributed by atoms with Crippen molar-refractivity contribution >= 4 is 82.3 Å². The van der Waals surface area contributed by atoms with Gasteiger partial charge < -0.3 is 84.8 Å². The summed E-state index contributed by atoms with van der Waals surface area (Å²) in [6, 6.07) is 0. The molecule has 3 aliphatic rings. The van der Waals surface area contributed by atoms with Gasteiger partial charge in [-0.15, -0.1) is 4.86 Å². The van der Waals surface area contributed by atoms with Crippen molar-refractivity contribution in [3.05, 3.63) is 46.0 Å².